The molecule has 0 fully saturated rings. The van der Waals surface area contributed by atoms with E-state index >= 15 is 0 Å². The Morgan fingerprint density at radius 3 is 2.73 bits per heavy atom. The van der Waals surface area contributed by atoms with Gasteiger partial charge in [-0.05, 0) is 44.2 Å². The van der Waals surface area contributed by atoms with Crippen molar-refractivity contribution in [2.24, 2.45) is 0 Å². The van der Waals surface area contributed by atoms with Crippen LogP contribution in [0.1, 0.15) is 40.6 Å². The number of ether oxygens (including phenoxy) is 1. The molecule has 0 spiro atoms. The van der Waals surface area contributed by atoms with E-state index in [9.17, 15) is 14.4 Å². The lowest BCUT2D eigenvalue weighted by molar-refractivity contribution is -0.113. The van der Waals surface area contributed by atoms with Crippen LogP contribution in [0.15, 0.2) is 46.2 Å². The molecule has 3 rings (SSSR count). The summed E-state index contributed by atoms with van der Waals surface area (Å²) in [7, 11) is 0. The highest BCUT2D eigenvalue weighted by atomic mass is 35.5. The van der Waals surface area contributed by atoms with Crippen molar-refractivity contribution in [3.05, 3.63) is 58.8 Å². The summed E-state index contributed by atoms with van der Waals surface area (Å²) in [5, 5.41) is 14.5. The summed E-state index contributed by atoms with van der Waals surface area (Å²) in [5.74, 6) is -0.402. The molecule has 0 aliphatic rings. The van der Waals surface area contributed by atoms with Crippen molar-refractivity contribution >= 4 is 46.8 Å². The van der Waals surface area contributed by atoms with Gasteiger partial charge >= 0.3 is 5.97 Å². The molecule has 12 heteroatoms. The fourth-order valence-electron chi connectivity index (χ4n) is 2.81. The van der Waals surface area contributed by atoms with Crippen molar-refractivity contribution in [1.29, 1.82) is 0 Å². The number of benzene rings is 1. The SMILES string of the molecule is CCOC(=O)c1ccc(Cl)c(NC(=O)CSc2nnc(CNC(=O)c3ccco3)n2CC)c1. The van der Waals surface area contributed by atoms with Gasteiger partial charge < -0.3 is 24.4 Å². The lowest BCUT2D eigenvalue weighted by atomic mass is 10.2. The van der Waals surface area contributed by atoms with Crippen LogP contribution in [0.25, 0.3) is 0 Å². The van der Waals surface area contributed by atoms with E-state index in [0.717, 1.165) is 0 Å². The Kier molecular flexibility index (Phi) is 8.50. The smallest absolute Gasteiger partial charge is 0.338 e. The fourth-order valence-corrected chi connectivity index (χ4v) is 3.79. The predicted octanol–water partition coefficient (Wildman–Crippen LogP) is 3.38. The molecule has 174 valence electrons. The molecule has 0 saturated carbocycles. The standard InChI is InChI=1S/C21H22ClN5O5S/c1-3-27-17(11-23-19(29)16-6-5-9-32-16)25-26-21(27)33-12-18(28)24-15-10-13(7-8-14(15)22)20(30)31-4-2/h5-10H,3-4,11-12H2,1-2H3,(H,23,29)(H,24,28). The summed E-state index contributed by atoms with van der Waals surface area (Å²) in [6.45, 7) is 4.57. The van der Waals surface area contributed by atoms with E-state index in [4.69, 9.17) is 20.8 Å². The van der Waals surface area contributed by atoms with Crippen LogP contribution in [0, 0.1) is 0 Å². The van der Waals surface area contributed by atoms with Gasteiger partial charge in [-0.1, -0.05) is 23.4 Å². The third-order valence-electron chi connectivity index (χ3n) is 4.35. The zero-order chi connectivity index (χ0) is 23.8. The average molecular weight is 492 g/mol. The summed E-state index contributed by atoms with van der Waals surface area (Å²) >= 11 is 7.33. The minimum absolute atomic E-state index is 0.0385. The predicted molar refractivity (Wildman–Crippen MR) is 122 cm³/mol. The molecule has 0 radical (unpaired) electrons. The summed E-state index contributed by atoms with van der Waals surface area (Å²) in [6, 6.07) is 7.71. The van der Waals surface area contributed by atoms with Crippen molar-refractivity contribution in [1.82, 2.24) is 20.1 Å². The number of aromatic nitrogens is 3. The molecule has 2 amide bonds. The number of rotatable bonds is 10. The number of thioether (sulfide) groups is 1. The third kappa shape index (κ3) is 6.36. The molecular weight excluding hydrogens is 470 g/mol. The van der Waals surface area contributed by atoms with E-state index in [1.165, 1.54) is 36.2 Å². The van der Waals surface area contributed by atoms with E-state index in [2.05, 4.69) is 20.8 Å². The zero-order valence-corrected chi connectivity index (χ0v) is 19.5. The second kappa shape index (κ2) is 11.5. The Morgan fingerprint density at radius 2 is 2.03 bits per heavy atom. The molecule has 0 atom stereocenters. The maximum Gasteiger partial charge on any atom is 0.338 e. The van der Waals surface area contributed by atoms with Gasteiger partial charge in [-0.25, -0.2) is 4.79 Å². The molecule has 10 nitrogen and oxygen atoms in total. The molecule has 0 bridgehead atoms. The maximum atomic E-state index is 12.5. The van der Waals surface area contributed by atoms with Gasteiger partial charge in [0.1, 0.15) is 0 Å². The molecule has 2 N–H and O–H groups in total. The second-order valence-electron chi connectivity index (χ2n) is 6.55. The van der Waals surface area contributed by atoms with Crippen LogP contribution in [-0.2, 0) is 22.6 Å². The Balaban J connectivity index is 1.58. The Hall–Kier alpha value is -3.31. The van der Waals surface area contributed by atoms with E-state index in [0.29, 0.717) is 28.2 Å². The van der Waals surface area contributed by atoms with Crippen LogP contribution < -0.4 is 10.6 Å². The number of nitrogens with zero attached hydrogens (tertiary/aromatic N) is 3. The summed E-state index contributed by atoms with van der Waals surface area (Å²) in [4.78, 5) is 36.4. The van der Waals surface area contributed by atoms with Crippen molar-refractivity contribution < 1.29 is 23.5 Å². The van der Waals surface area contributed by atoms with E-state index in [-0.39, 0.29) is 42.0 Å². The number of anilines is 1. The third-order valence-corrected chi connectivity index (χ3v) is 5.64. The Morgan fingerprint density at radius 1 is 1.21 bits per heavy atom. The van der Waals surface area contributed by atoms with Gasteiger partial charge in [0.05, 0.1) is 41.4 Å². The van der Waals surface area contributed by atoms with Gasteiger partial charge in [0.15, 0.2) is 16.7 Å². The molecule has 1 aromatic carbocycles. The normalized spacial score (nSPS) is 10.6. The minimum Gasteiger partial charge on any atom is -0.462 e. The quantitative estimate of drug-likeness (QED) is 0.326. The van der Waals surface area contributed by atoms with Gasteiger partial charge in [0, 0.05) is 6.54 Å². The number of carbonyl (C=O) groups excluding carboxylic acids is 3. The lowest BCUT2D eigenvalue weighted by Gasteiger charge is -2.10. The van der Waals surface area contributed by atoms with Gasteiger partial charge in [-0.3, -0.25) is 9.59 Å². The summed E-state index contributed by atoms with van der Waals surface area (Å²) in [6.07, 6.45) is 1.42. The number of furan rings is 1. The number of halogens is 1. The maximum absolute atomic E-state index is 12.5. The first-order valence-corrected chi connectivity index (χ1v) is 11.4. The minimum atomic E-state index is -0.498. The molecule has 33 heavy (non-hydrogen) atoms. The van der Waals surface area contributed by atoms with Gasteiger partial charge in [-0.15, -0.1) is 10.2 Å². The summed E-state index contributed by atoms with van der Waals surface area (Å²) in [5.41, 5.74) is 0.599. The van der Waals surface area contributed by atoms with Crippen LogP contribution in [0.3, 0.4) is 0 Å². The molecule has 0 aliphatic heterocycles. The van der Waals surface area contributed by atoms with Crippen LogP contribution in [0.2, 0.25) is 5.02 Å². The highest BCUT2D eigenvalue weighted by Crippen LogP contribution is 2.24. The molecule has 0 saturated heterocycles. The van der Waals surface area contributed by atoms with Crippen molar-refractivity contribution in [2.75, 3.05) is 17.7 Å². The highest BCUT2D eigenvalue weighted by molar-refractivity contribution is 7.99. The molecule has 2 aromatic heterocycles. The monoisotopic (exact) mass is 491 g/mol. The van der Waals surface area contributed by atoms with Gasteiger partial charge in [0.25, 0.3) is 5.91 Å². The largest absolute Gasteiger partial charge is 0.462 e. The zero-order valence-electron chi connectivity index (χ0n) is 18.0. The number of amides is 2. The number of nitrogens with one attached hydrogen (secondary N) is 2. The number of esters is 1. The molecular formula is C21H22ClN5O5S. The van der Waals surface area contributed by atoms with Crippen molar-refractivity contribution in [3.8, 4) is 0 Å². The topological polar surface area (TPSA) is 128 Å². The number of hydrogen-bond acceptors (Lipinski definition) is 8. The van der Waals surface area contributed by atoms with Crippen molar-refractivity contribution in [3.63, 3.8) is 0 Å². The average Bonchev–Trinajstić information content (AvgIpc) is 3.47. The Bertz CT molecular complexity index is 1130. The van der Waals surface area contributed by atoms with E-state index in [1.54, 1.807) is 23.6 Å². The van der Waals surface area contributed by atoms with Crippen LogP contribution in [0.4, 0.5) is 5.69 Å². The highest BCUT2D eigenvalue weighted by Gasteiger charge is 2.16. The first-order valence-electron chi connectivity index (χ1n) is 10.1. The first-order chi connectivity index (χ1) is 15.9. The fraction of sp³-hybridized carbons (Fsp3) is 0.286. The first kappa shape index (κ1) is 24.3. The molecule has 2 heterocycles. The molecule has 0 aliphatic carbocycles. The van der Waals surface area contributed by atoms with Crippen molar-refractivity contribution in [2.45, 2.75) is 32.1 Å². The van der Waals surface area contributed by atoms with E-state index in [1.807, 2.05) is 6.92 Å². The van der Waals surface area contributed by atoms with Gasteiger partial charge in [0.2, 0.25) is 5.91 Å². The lowest BCUT2D eigenvalue weighted by Crippen LogP contribution is -2.24. The van der Waals surface area contributed by atoms with Gasteiger partial charge in [-0.2, -0.15) is 0 Å². The number of carbonyl (C=O) groups is 3. The number of hydrogen-bond donors (Lipinski definition) is 2. The van der Waals surface area contributed by atoms with E-state index < -0.39 is 5.97 Å². The van der Waals surface area contributed by atoms with Crippen LogP contribution in [0.5, 0.6) is 0 Å². The molecule has 0 unspecified atom stereocenters. The van der Waals surface area contributed by atoms with Crippen LogP contribution >= 0.6 is 23.4 Å². The molecule has 3 aromatic rings. The summed E-state index contributed by atoms with van der Waals surface area (Å²) < 4.78 is 11.8. The second-order valence-corrected chi connectivity index (χ2v) is 7.90. The van der Waals surface area contributed by atoms with Crippen LogP contribution in [-0.4, -0.2) is 44.9 Å². The Labute approximate surface area is 199 Å².